The van der Waals surface area contributed by atoms with E-state index in [0.29, 0.717) is 0 Å². The van der Waals surface area contributed by atoms with E-state index in [2.05, 4.69) is 57.7 Å². The summed E-state index contributed by atoms with van der Waals surface area (Å²) in [5.41, 5.74) is 2.26. The van der Waals surface area contributed by atoms with E-state index in [0.717, 1.165) is 16.7 Å². The molecule has 5 heteroatoms. The number of nitrogens with one attached hydrogen (secondary N) is 1. The molecule has 2 aromatic rings. The van der Waals surface area contributed by atoms with Gasteiger partial charge in [0.05, 0.1) is 11.7 Å². The number of halogens is 1. The minimum Gasteiger partial charge on any atom is -0.304 e. The van der Waals surface area contributed by atoms with Gasteiger partial charge in [-0.05, 0) is 46.9 Å². The summed E-state index contributed by atoms with van der Waals surface area (Å²) in [4.78, 5) is 1.28. The zero-order valence-corrected chi connectivity index (χ0v) is 12.6. The molecule has 0 aliphatic rings. The molecule has 0 spiro atoms. The summed E-state index contributed by atoms with van der Waals surface area (Å²) in [6.07, 6.45) is 0. The molecule has 1 atom stereocenters. The molecule has 17 heavy (non-hydrogen) atoms. The number of aryl methyl sites for hydroxylation is 2. The molecule has 0 radical (unpaired) electrons. The molecule has 2 heterocycles. The van der Waals surface area contributed by atoms with E-state index < -0.39 is 0 Å². The first kappa shape index (κ1) is 12.8. The minimum atomic E-state index is 0.175. The van der Waals surface area contributed by atoms with Crippen LogP contribution in [0.5, 0.6) is 0 Å². The number of aromatic nitrogens is 2. The maximum atomic E-state index is 4.57. The molecule has 0 bridgehead atoms. The third-order valence-corrected chi connectivity index (χ3v) is 4.68. The lowest BCUT2D eigenvalue weighted by Crippen LogP contribution is -2.22. The molecule has 3 nitrogen and oxygen atoms in total. The van der Waals surface area contributed by atoms with Gasteiger partial charge >= 0.3 is 0 Å². The van der Waals surface area contributed by atoms with Gasteiger partial charge in [0.1, 0.15) is 0 Å². The van der Waals surface area contributed by atoms with Crippen molar-refractivity contribution in [3.63, 3.8) is 0 Å². The van der Waals surface area contributed by atoms with Crippen molar-refractivity contribution in [2.75, 3.05) is 6.54 Å². The fourth-order valence-electron chi connectivity index (χ4n) is 1.78. The topological polar surface area (TPSA) is 29.9 Å². The molecule has 0 aromatic carbocycles. The highest BCUT2D eigenvalue weighted by Gasteiger charge is 2.20. The lowest BCUT2D eigenvalue weighted by atomic mass is 10.1. The summed E-state index contributed by atoms with van der Waals surface area (Å²) >= 11 is 5.34. The number of hydrogen-bond acceptors (Lipinski definition) is 3. The summed E-state index contributed by atoms with van der Waals surface area (Å²) < 4.78 is 3.07. The standard InChI is InChI=1S/C12H16BrN3S/c1-4-14-11(12-9(13)5-6-17-12)10-7-8(2)16(3)15-10/h5-7,11,14H,4H2,1-3H3. The van der Waals surface area contributed by atoms with Gasteiger partial charge in [-0.2, -0.15) is 5.10 Å². The molecule has 0 saturated heterocycles. The maximum Gasteiger partial charge on any atom is 0.0875 e. The van der Waals surface area contributed by atoms with Crippen molar-refractivity contribution in [1.82, 2.24) is 15.1 Å². The summed E-state index contributed by atoms with van der Waals surface area (Å²) in [5.74, 6) is 0. The highest BCUT2D eigenvalue weighted by Crippen LogP contribution is 2.32. The van der Waals surface area contributed by atoms with E-state index in [1.54, 1.807) is 11.3 Å². The Bertz CT molecular complexity index is 484. The summed E-state index contributed by atoms with van der Waals surface area (Å²) in [7, 11) is 1.98. The molecule has 0 aliphatic heterocycles. The highest BCUT2D eigenvalue weighted by atomic mass is 79.9. The van der Waals surface area contributed by atoms with Crippen LogP contribution in [0.1, 0.15) is 29.2 Å². The lowest BCUT2D eigenvalue weighted by Gasteiger charge is -2.14. The quantitative estimate of drug-likeness (QED) is 0.939. The van der Waals surface area contributed by atoms with Gasteiger partial charge in [-0.15, -0.1) is 11.3 Å². The van der Waals surface area contributed by atoms with Crippen LogP contribution < -0.4 is 5.32 Å². The van der Waals surface area contributed by atoms with Crippen LogP contribution in [-0.2, 0) is 7.05 Å². The predicted molar refractivity (Wildman–Crippen MR) is 75.5 cm³/mol. The van der Waals surface area contributed by atoms with Gasteiger partial charge in [0, 0.05) is 22.1 Å². The molecule has 1 unspecified atom stereocenters. The fraction of sp³-hybridized carbons (Fsp3) is 0.417. The molecule has 0 saturated carbocycles. The van der Waals surface area contributed by atoms with Crippen LogP contribution >= 0.6 is 27.3 Å². The van der Waals surface area contributed by atoms with E-state index >= 15 is 0 Å². The van der Waals surface area contributed by atoms with Crippen molar-refractivity contribution >= 4 is 27.3 Å². The molecule has 1 N–H and O–H groups in total. The molecule has 0 aliphatic carbocycles. The summed E-state index contributed by atoms with van der Waals surface area (Å²) in [5, 5.41) is 10.2. The monoisotopic (exact) mass is 313 g/mol. The minimum absolute atomic E-state index is 0.175. The van der Waals surface area contributed by atoms with Gasteiger partial charge in [0.2, 0.25) is 0 Å². The third kappa shape index (κ3) is 2.61. The Hall–Kier alpha value is -0.650. The zero-order valence-electron chi connectivity index (χ0n) is 10.2. The van der Waals surface area contributed by atoms with Gasteiger partial charge in [0.25, 0.3) is 0 Å². The van der Waals surface area contributed by atoms with Gasteiger partial charge in [-0.1, -0.05) is 6.92 Å². The van der Waals surface area contributed by atoms with Gasteiger partial charge in [0.15, 0.2) is 0 Å². The van der Waals surface area contributed by atoms with E-state index in [4.69, 9.17) is 0 Å². The van der Waals surface area contributed by atoms with Gasteiger partial charge < -0.3 is 5.32 Å². The highest BCUT2D eigenvalue weighted by molar-refractivity contribution is 9.10. The van der Waals surface area contributed by atoms with Crippen molar-refractivity contribution in [3.05, 3.63) is 38.3 Å². The molecular weight excluding hydrogens is 298 g/mol. The number of thiophene rings is 1. The summed E-state index contributed by atoms with van der Waals surface area (Å²) in [6.45, 7) is 5.11. The van der Waals surface area contributed by atoms with Crippen LogP contribution in [0.3, 0.4) is 0 Å². The Balaban J connectivity index is 2.39. The SMILES string of the molecule is CCNC(c1cc(C)n(C)n1)c1sccc1Br. The average molecular weight is 314 g/mol. The third-order valence-electron chi connectivity index (χ3n) is 2.74. The van der Waals surface area contributed by atoms with Crippen LogP contribution in [0.15, 0.2) is 22.0 Å². The van der Waals surface area contributed by atoms with Crippen molar-refractivity contribution in [1.29, 1.82) is 0 Å². The molecule has 0 fully saturated rings. The Morgan fingerprint density at radius 3 is 2.82 bits per heavy atom. The molecule has 2 rings (SSSR count). The first-order valence-electron chi connectivity index (χ1n) is 5.60. The molecule has 92 valence electrons. The zero-order chi connectivity index (χ0) is 12.4. The second-order valence-corrected chi connectivity index (χ2v) is 5.76. The van der Waals surface area contributed by atoms with Crippen molar-refractivity contribution < 1.29 is 0 Å². The first-order valence-corrected chi connectivity index (χ1v) is 7.27. The van der Waals surface area contributed by atoms with Gasteiger partial charge in [-0.3, -0.25) is 4.68 Å². The fourth-order valence-corrected chi connectivity index (χ4v) is 3.46. The van der Waals surface area contributed by atoms with Crippen molar-refractivity contribution in [3.8, 4) is 0 Å². The number of nitrogens with zero attached hydrogens (tertiary/aromatic N) is 2. The van der Waals surface area contributed by atoms with Crippen molar-refractivity contribution in [2.45, 2.75) is 19.9 Å². The second kappa shape index (κ2) is 5.33. The maximum absolute atomic E-state index is 4.57. The molecule has 2 aromatic heterocycles. The summed E-state index contributed by atoms with van der Waals surface area (Å²) in [6, 6.07) is 4.40. The Labute approximate surface area is 114 Å². The van der Waals surface area contributed by atoms with Gasteiger partial charge in [-0.25, -0.2) is 0 Å². The second-order valence-electron chi connectivity index (χ2n) is 3.96. The van der Waals surface area contributed by atoms with E-state index in [9.17, 15) is 0 Å². The largest absolute Gasteiger partial charge is 0.304 e. The average Bonchev–Trinajstić information content (AvgIpc) is 2.83. The predicted octanol–water partition coefficient (Wildman–Crippen LogP) is 3.25. The normalized spacial score (nSPS) is 12.9. The van der Waals surface area contributed by atoms with E-state index in [1.807, 2.05) is 11.7 Å². The molecular formula is C12H16BrN3S. The number of rotatable bonds is 4. The molecule has 0 amide bonds. The van der Waals surface area contributed by atoms with Crippen LogP contribution in [0.4, 0.5) is 0 Å². The van der Waals surface area contributed by atoms with Crippen LogP contribution in [-0.4, -0.2) is 16.3 Å². The van der Waals surface area contributed by atoms with Crippen molar-refractivity contribution in [2.24, 2.45) is 7.05 Å². The first-order chi connectivity index (χ1) is 8.13. The Morgan fingerprint density at radius 1 is 1.59 bits per heavy atom. The smallest absolute Gasteiger partial charge is 0.0875 e. The van der Waals surface area contributed by atoms with Crippen LogP contribution in [0, 0.1) is 6.92 Å². The van der Waals surface area contributed by atoms with E-state index in [1.165, 1.54) is 10.6 Å². The Morgan fingerprint density at radius 2 is 2.35 bits per heavy atom. The lowest BCUT2D eigenvalue weighted by molar-refractivity contribution is 0.604. The number of hydrogen-bond donors (Lipinski definition) is 1. The van der Waals surface area contributed by atoms with Crippen LogP contribution in [0.25, 0.3) is 0 Å². The van der Waals surface area contributed by atoms with E-state index in [-0.39, 0.29) is 6.04 Å². The Kier molecular flexibility index (Phi) is 4.01. The van der Waals surface area contributed by atoms with Crippen LogP contribution in [0.2, 0.25) is 0 Å².